The Kier molecular flexibility index (Phi) is 4.48. The average molecular weight is 387 g/mol. The fourth-order valence-electron chi connectivity index (χ4n) is 7.97. The van der Waals surface area contributed by atoms with Gasteiger partial charge in [0.15, 0.2) is 0 Å². The van der Waals surface area contributed by atoms with Crippen LogP contribution in [0.5, 0.6) is 0 Å². The number of oxime groups is 1. The monoisotopic (exact) mass is 386 g/mol. The van der Waals surface area contributed by atoms with E-state index in [-0.39, 0.29) is 11.5 Å². The average Bonchev–Trinajstić information content (AvgIpc) is 3.31. The lowest BCUT2D eigenvalue weighted by Gasteiger charge is -2.63. The molecule has 0 bridgehead atoms. The van der Waals surface area contributed by atoms with Crippen LogP contribution in [0, 0.1) is 28.6 Å². The molecular weight excluding hydrogens is 348 g/mol. The third-order valence-electron chi connectivity index (χ3n) is 9.79. The molecule has 156 valence electrons. The number of nitrogens with one attached hydrogen (secondary N) is 1. The highest BCUT2D eigenvalue weighted by Crippen LogP contribution is 2.67. The van der Waals surface area contributed by atoms with Gasteiger partial charge in [0.25, 0.3) is 0 Å². The van der Waals surface area contributed by atoms with E-state index >= 15 is 0 Å². The zero-order chi connectivity index (χ0) is 19.6. The molecule has 4 nitrogen and oxygen atoms in total. The summed E-state index contributed by atoms with van der Waals surface area (Å²) in [5.74, 6) is 2.18. The van der Waals surface area contributed by atoms with Gasteiger partial charge in [-0.15, -0.1) is 0 Å². The summed E-state index contributed by atoms with van der Waals surface area (Å²) in [5, 5.41) is 19.8. The number of rotatable bonds is 2. The van der Waals surface area contributed by atoms with Crippen LogP contribution >= 0.6 is 0 Å². The second-order valence-electron chi connectivity index (χ2n) is 11.1. The Labute approximate surface area is 170 Å². The highest BCUT2D eigenvalue weighted by molar-refractivity contribution is 5.86. The zero-order valence-electron chi connectivity index (χ0n) is 17.8. The minimum Gasteiger partial charge on any atom is -0.391 e. The van der Waals surface area contributed by atoms with Crippen LogP contribution in [0.2, 0.25) is 0 Å². The van der Waals surface area contributed by atoms with Gasteiger partial charge in [-0.05, 0) is 80.2 Å². The highest BCUT2D eigenvalue weighted by atomic mass is 16.6. The molecule has 5 rings (SSSR count). The first kappa shape index (κ1) is 19.1. The molecule has 0 aromatic carbocycles. The van der Waals surface area contributed by atoms with Gasteiger partial charge in [-0.3, -0.25) is 0 Å². The molecule has 4 saturated carbocycles. The van der Waals surface area contributed by atoms with E-state index in [1.807, 2.05) is 0 Å². The quantitative estimate of drug-likeness (QED) is 0.545. The third kappa shape index (κ3) is 2.66. The maximum Gasteiger partial charge on any atom is 0.141 e. The molecule has 5 fully saturated rings. The lowest BCUT2D eigenvalue weighted by Crippen LogP contribution is -2.63. The van der Waals surface area contributed by atoms with E-state index in [1.54, 1.807) is 0 Å². The molecule has 1 heterocycles. The molecule has 2 N–H and O–H groups in total. The Morgan fingerprint density at radius 1 is 1.14 bits per heavy atom. The number of hydrogen-bond donors (Lipinski definition) is 2. The Hall–Kier alpha value is -0.870. The molecule has 0 aromatic rings. The summed E-state index contributed by atoms with van der Waals surface area (Å²) in [6.07, 6.45) is 11.6. The number of aliphatic hydroxyl groups is 1. The van der Waals surface area contributed by atoms with E-state index in [0.29, 0.717) is 17.8 Å². The Morgan fingerprint density at radius 3 is 2.79 bits per heavy atom. The van der Waals surface area contributed by atoms with Crippen LogP contribution in [0.4, 0.5) is 0 Å². The SMILES string of the molecule is C=C1C[C@H]2[C@@H]3CCC[C@@]3(C)CC[C@@H]2[C@@]2(C)CCC(=NOC3CCNC3)C[C@]12O. The third-order valence-corrected chi connectivity index (χ3v) is 9.79. The summed E-state index contributed by atoms with van der Waals surface area (Å²) in [7, 11) is 0. The van der Waals surface area contributed by atoms with Crippen molar-refractivity contribution in [1.29, 1.82) is 0 Å². The van der Waals surface area contributed by atoms with Crippen LogP contribution in [-0.4, -0.2) is 35.6 Å². The molecule has 0 spiro atoms. The van der Waals surface area contributed by atoms with Crippen LogP contribution in [0.1, 0.15) is 78.1 Å². The molecule has 0 aromatic heterocycles. The van der Waals surface area contributed by atoms with Crippen molar-refractivity contribution in [2.24, 2.45) is 33.7 Å². The molecular formula is C24H38N2O2. The first-order valence-electron chi connectivity index (χ1n) is 11.7. The maximum absolute atomic E-state index is 12.0. The van der Waals surface area contributed by atoms with Crippen molar-refractivity contribution in [1.82, 2.24) is 5.32 Å². The van der Waals surface area contributed by atoms with Gasteiger partial charge in [-0.25, -0.2) is 0 Å². The summed E-state index contributed by atoms with van der Waals surface area (Å²) in [6, 6.07) is 0. The molecule has 4 aliphatic carbocycles. The molecule has 1 saturated heterocycles. The van der Waals surface area contributed by atoms with E-state index < -0.39 is 5.60 Å². The second kappa shape index (κ2) is 6.57. The van der Waals surface area contributed by atoms with Crippen molar-refractivity contribution in [2.75, 3.05) is 13.1 Å². The van der Waals surface area contributed by atoms with Gasteiger partial charge in [0.1, 0.15) is 6.10 Å². The molecule has 0 amide bonds. The van der Waals surface area contributed by atoms with E-state index in [2.05, 4.69) is 30.9 Å². The van der Waals surface area contributed by atoms with Gasteiger partial charge in [0, 0.05) is 24.8 Å². The van der Waals surface area contributed by atoms with Crippen LogP contribution in [0.15, 0.2) is 17.3 Å². The van der Waals surface area contributed by atoms with Gasteiger partial charge in [-0.1, -0.05) is 32.0 Å². The van der Waals surface area contributed by atoms with Gasteiger partial charge in [-0.2, -0.15) is 0 Å². The first-order chi connectivity index (χ1) is 13.4. The van der Waals surface area contributed by atoms with Crippen LogP contribution in [0.3, 0.4) is 0 Å². The highest BCUT2D eigenvalue weighted by Gasteiger charge is 2.64. The molecule has 0 radical (unpaired) electrons. The summed E-state index contributed by atoms with van der Waals surface area (Å²) in [4.78, 5) is 5.80. The second-order valence-corrected chi connectivity index (χ2v) is 11.1. The van der Waals surface area contributed by atoms with Crippen LogP contribution in [-0.2, 0) is 4.84 Å². The van der Waals surface area contributed by atoms with E-state index in [9.17, 15) is 5.11 Å². The fourth-order valence-corrected chi connectivity index (χ4v) is 7.97. The normalized spacial score (nSPS) is 52.2. The summed E-state index contributed by atoms with van der Waals surface area (Å²) >= 11 is 0. The van der Waals surface area contributed by atoms with Crippen molar-refractivity contribution < 1.29 is 9.94 Å². The van der Waals surface area contributed by atoms with Crippen molar-refractivity contribution in [3.8, 4) is 0 Å². The molecule has 1 aliphatic heterocycles. The molecule has 28 heavy (non-hydrogen) atoms. The van der Waals surface area contributed by atoms with Gasteiger partial charge in [0.05, 0.1) is 11.3 Å². The zero-order valence-corrected chi connectivity index (χ0v) is 17.8. The largest absolute Gasteiger partial charge is 0.391 e. The first-order valence-corrected chi connectivity index (χ1v) is 11.7. The number of nitrogens with zero attached hydrogens (tertiary/aromatic N) is 1. The molecule has 5 aliphatic rings. The standard InChI is InChI=1S/C24H38N2O2/c1-16-13-19-20-5-4-9-22(20,2)10-7-21(19)23(3)11-6-17(14-24(16,23)27)26-28-18-8-12-25-15-18/h18-21,25,27H,1,4-15H2,2-3H3/t18?,19-,20-,21-,22-,23+,24-/m0/s1. The minimum atomic E-state index is -0.811. The van der Waals surface area contributed by atoms with Crippen molar-refractivity contribution >= 4 is 5.71 Å². The lowest BCUT2D eigenvalue weighted by molar-refractivity contribution is -0.157. The number of fused-ring (bicyclic) bond motifs is 5. The smallest absolute Gasteiger partial charge is 0.141 e. The Bertz CT molecular complexity index is 684. The molecule has 7 atom stereocenters. The fraction of sp³-hybridized carbons (Fsp3) is 0.875. The lowest BCUT2D eigenvalue weighted by atomic mass is 9.43. The van der Waals surface area contributed by atoms with Gasteiger partial charge in [0.2, 0.25) is 0 Å². The summed E-state index contributed by atoms with van der Waals surface area (Å²) in [6.45, 7) is 11.3. The van der Waals surface area contributed by atoms with Crippen LogP contribution in [0.25, 0.3) is 0 Å². The van der Waals surface area contributed by atoms with E-state index in [0.717, 1.165) is 61.9 Å². The van der Waals surface area contributed by atoms with Gasteiger partial charge < -0.3 is 15.3 Å². The van der Waals surface area contributed by atoms with Crippen molar-refractivity contribution in [3.05, 3.63) is 12.2 Å². The van der Waals surface area contributed by atoms with Crippen LogP contribution < -0.4 is 5.32 Å². The van der Waals surface area contributed by atoms with Gasteiger partial charge >= 0.3 is 0 Å². The summed E-state index contributed by atoms with van der Waals surface area (Å²) < 4.78 is 0. The molecule has 4 heteroatoms. The predicted octanol–water partition coefficient (Wildman–Crippen LogP) is 4.43. The minimum absolute atomic E-state index is 0.0646. The predicted molar refractivity (Wildman–Crippen MR) is 112 cm³/mol. The maximum atomic E-state index is 12.0. The Balaban J connectivity index is 1.39. The Morgan fingerprint density at radius 2 is 2.00 bits per heavy atom. The van der Waals surface area contributed by atoms with Crippen molar-refractivity contribution in [2.45, 2.75) is 89.8 Å². The summed E-state index contributed by atoms with van der Waals surface area (Å²) in [5.41, 5.74) is 1.77. The van der Waals surface area contributed by atoms with E-state index in [1.165, 1.54) is 32.1 Å². The van der Waals surface area contributed by atoms with E-state index in [4.69, 9.17) is 4.84 Å². The topological polar surface area (TPSA) is 53.8 Å². The number of hydrogen-bond acceptors (Lipinski definition) is 4. The molecule has 1 unspecified atom stereocenters. The van der Waals surface area contributed by atoms with Crippen molar-refractivity contribution in [3.63, 3.8) is 0 Å².